The number of urea groups is 1. The molecule has 1 atom stereocenters. The highest BCUT2D eigenvalue weighted by molar-refractivity contribution is 6.08. The third-order valence-electron chi connectivity index (χ3n) is 4.46. The van der Waals surface area contributed by atoms with Crippen molar-refractivity contribution in [3.63, 3.8) is 0 Å². The molecule has 0 unspecified atom stereocenters. The van der Waals surface area contributed by atoms with Crippen molar-refractivity contribution >= 4 is 23.8 Å². The summed E-state index contributed by atoms with van der Waals surface area (Å²) in [5, 5.41) is 5.27. The Balaban J connectivity index is 1.85. The normalized spacial score (nSPS) is 18.9. The van der Waals surface area contributed by atoms with Gasteiger partial charge in [0.25, 0.3) is 11.8 Å². The highest BCUT2D eigenvalue weighted by atomic mass is 16.5. The number of aryl methyl sites for hydroxylation is 1. The molecule has 2 N–H and O–H groups in total. The van der Waals surface area contributed by atoms with E-state index in [1.165, 1.54) is 0 Å². The fraction of sp³-hybridized carbons (Fsp3) is 0.500. The number of imide groups is 1. The van der Waals surface area contributed by atoms with Crippen molar-refractivity contribution in [1.82, 2.24) is 15.5 Å². The maximum Gasteiger partial charge on any atom is 0.326 e. The minimum Gasteiger partial charge on any atom is -0.454 e. The molecule has 1 aliphatic heterocycles. The Labute approximate surface area is 164 Å². The smallest absolute Gasteiger partial charge is 0.326 e. The van der Waals surface area contributed by atoms with Gasteiger partial charge in [0, 0.05) is 6.54 Å². The summed E-state index contributed by atoms with van der Waals surface area (Å²) in [5.74, 6) is -1.43. The van der Waals surface area contributed by atoms with Crippen LogP contribution in [0.4, 0.5) is 4.79 Å². The zero-order valence-corrected chi connectivity index (χ0v) is 16.5. The summed E-state index contributed by atoms with van der Waals surface area (Å²) >= 11 is 0. The second kappa shape index (κ2) is 9.34. The van der Waals surface area contributed by atoms with Gasteiger partial charge >= 0.3 is 12.0 Å². The summed E-state index contributed by atoms with van der Waals surface area (Å²) in [6, 6.07) is 8.98. The molecule has 1 heterocycles. The minimum atomic E-state index is -1.08. The van der Waals surface area contributed by atoms with Crippen molar-refractivity contribution < 1.29 is 23.9 Å². The van der Waals surface area contributed by atoms with E-state index in [9.17, 15) is 19.2 Å². The predicted octanol–water partition coefficient (Wildman–Crippen LogP) is 1.25. The van der Waals surface area contributed by atoms with Crippen LogP contribution in [0.5, 0.6) is 0 Å². The van der Waals surface area contributed by atoms with Gasteiger partial charge in [-0.2, -0.15) is 0 Å². The fourth-order valence-corrected chi connectivity index (χ4v) is 2.79. The Morgan fingerprint density at radius 2 is 1.89 bits per heavy atom. The summed E-state index contributed by atoms with van der Waals surface area (Å²) in [7, 11) is 0. The molecule has 0 saturated carbocycles. The number of hydrogen-bond donors (Lipinski definition) is 2. The highest BCUT2D eigenvalue weighted by Gasteiger charge is 2.48. The quantitative estimate of drug-likeness (QED) is 0.488. The van der Waals surface area contributed by atoms with E-state index in [1.54, 1.807) is 6.92 Å². The minimum absolute atomic E-state index is 0.277. The Morgan fingerprint density at radius 1 is 1.21 bits per heavy atom. The summed E-state index contributed by atoms with van der Waals surface area (Å²) in [4.78, 5) is 49.2. The molecule has 0 bridgehead atoms. The van der Waals surface area contributed by atoms with E-state index >= 15 is 0 Å². The van der Waals surface area contributed by atoms with Gasteiger partial charge in [-0.05, 0) is 31.2 Å². The first-order valence-electron chi connectivity index (χ1n) is 9.31. The summed E-state index contributed by atoms with van der Waals surface area (Å²) in [6.07, 6.45) is 1.02. The molecule has 1 aromatic rings. The van der Waals surface area contributed by atoms with Gasteiger partial charge in [-0.1, -0.05) is 44.2 Å². The first-order valence-corrected chi connectivity index (χ1v) is 9.31. The fourth-order valence-electron chi connectivity index (χ4n) is 2.79. The lowest BCUT2D eigenvalue weighted by atomic mass is 9.93. The van der Waals surface area contributed by atoms with Gasteiger partial charge in [0.2, 0.25) is 0 Å². The van der Waals surface area contributed by atoms with Crippen molar-refractivity contribution in [2.75, 3.05) is 19.7 Å². The number of rotatable bonds is 9. The molecular weight excluding hydrogens is 362 g/mol. The van der Waals surface area contributed by atoms with Crippen LogP contribution in [0.15, 0.2) is 30.3 Å². The van der Waals surface area contributed by atoms with Crippen LogP contribution in [0.2, 0.25) is 0 Å². The number of amides is 4. The molecule has 0 aromatic heterocycles. The first-order chi connectivity index (χ1) is 13.2. The van der Waals surface area contributed by atoms with E-state index in [0.717, 1.165) is 10.5 Å². The van der Waals surface area contributed by atoms with Crippen LogP contribution in [0.1, 0.15) is 32.8 Å². The molecular formula is C20H27N3O5. The number of nitrogens with zero attached hydrogens (tertiary/aromatic N) is 1. The van der Waals surface area contributed by atoms with Crippen LogP contribution < -0.4 is 10.6 Å². The summed E-state index contributed by atoms with van der Waals surface area (Å²) in [5.41, 5.74) is -0.0296. The van der Waals surface area contributed by atoms with Crippen molar-refractivity contribution in [2.24, 2.45) is 5.92 Å². The molecule has 8 nitrogen and oxygen atoms in total. The maximum absolute atomic E-state index is 12.7. The van der Waals surface area contributed by atoms with Gasteiger partial charge < -0.3 is 15.4 Å². The third-order valence-corrected chi connectivity index (χ3v) is 4.46. The monoisotopic (exact) mass is 389 g/mol. The molecule has 1 fully saturated rings. The van der Waals surface area contributed by atoms with Crippen LogP contribution in [0.3, 0.4) is 0 Å². The van der Waals surface area contributed by atoms with Crippen molar-refractivity contribution in [3.05, 3.63) is 35.9 Å². The Kier molecular flexibility index (Phi) is 7.14. The van der Waals surface area contributed by atoms with Gasteiger partial charge in [-0.15, -0.1) is 0 Å². The van der Waals surface area contributed by atoms with E-state index in [4.69, 9.17) is 4.74 Å². The second-order valence-electron chi connectivity index (χ2n) is 7.50. The highest BCUT2D eigenvalue weighted by Crippen LogP contribution is 2.23. The van der Waals surface area contributed by atoms with Gasteiger partial charge in [0.1, 0.15) is 12.1 Å². The number of benzene rings is 1. The molecule has 1 aliphatic rings. The van der Waals surface area contributed by atoms with Crippen LogP contribution in [-0.4, -0.2) is 54.0 Å². The number of carbonyl (C=O) groups excluding carboxylic acids is 4. The molecule has 1 saturated heterocycles. The molecule has 28 heavy (non-hydrogen) atoms. The van der Waals surface area contributed by atoms with E-state index in [-0.39, 0.29) is 5.92 Å². The largest absolute Gasteiger partial charge is 0.454 e. The third kappa shape index (κ3) is 5.80. The molecule has 152 valence electrons. The number of ether oxygens (including phenoxy) is 1. The zero-order valence-electron chi connectivity index (χ0n) is 16.5. The topological polar surface area (TPSA) is 105 Å². The maximum atomic E-state index is 12.7. The van der Waals surface area contributed by atoms with Crippen molar-refractivity contribution in [1.29, 1.82) is 0 Å². The average Bonchev–Trinajstić information content (AvgIpc) is 2.87. The van der Waals surface area contributed by atoms with Gasteiger partial charge in [0.05, 0.1) is 0 Å². The van der Waals surface area contributed by atoms with Gasteiger partial charge in [-0.3, -0.25) is 19.3 Å². The first kappa shape index (κ1) is 21.4. The van der Waals surface area contributed by atoms with Gasteiger partial charge in [-0.25, -0.2) is 4.79 Å². The lowest BCUT2D eigenvalue weighted by molar-refractivity contribution is -0.151. The molecule has 2 rings (SSSR count). The number of hydrogen-bond acceptors (Lipinski definition) is 5. The van der Waals surface area contributed by atoms with Crippen LogP contribution in [0, 0.1) is 5.92 Å². The van der Waals surface area contributed by atoms with E-state index in [1.807, 2.05) is 44.2 Å². The molecule has 4 amide bonds. The van der Waals surface area contributed by atoms with Crippen LogP contribution in [-0.2, 0) is 25.5 Å². The summed E-state index contributed by atoms with van der Waals surface area (Å²) < 4.78 is 4.87. The van der Waals surface area contributed by atoms with Crippen molar-refractivity contribution in [2.45, 2.75) is 39.2 Å². The molecule has 0 radical (unpaired) electrons. The average molecular weight is 389 g/mol. The number of nitrogens with one attached hydrogen (secondary N) is 2. The van der Waals surface area contributed by atoms with E-state index in [2.05, 4.69) is 10.6 Å². The Bertz CT molecular complexity index is 735. The number of carbonyl (C=O) groups is 4. The summed E-state index contributed by atoms with van der Waals surface area (Å²) in [6.45, 7) is 5.03. The lowest BCUT2D eigenvalue weighted by Gasteiger charge is -2.21. The Morgan fingerprint density at radius 3 is 2.54 bits per heavy atom. The lowest BCUT2D eigenvalue weighted by Crippen LogP contribution is -2.44. The molecule has 0 aliphatic carbocycles. The Hall–Kier alpha value is -2.90. The molecule has 0 spiro atoms. The second-order valence-corrected chi connectivity index (χ2v) is 7.50. The molecule has 8 heteroatoms. The zero-order chi connectivity index (χ0) is 20.7. The molecule has 1 aromatic carbocycles. The van der Waals surface area contributed by atoms with Crippen LogP contribution >= 0.6 is 0 Å². The van der Waals surface area contributed by atoms with E-state index < -0.39 is 42.5 Å². The van der Waals surface area contributed by atoms with Crippen molar-refractivity contribution in [3.8, 4) is 0 Å². The number of esters is 1. The predicted molar refractivity (Wildman–Crippen MR) is 102 cm³/mol. The standard InChI is InChI=1S/C20H27N3O5/c1-14(2)11-21-16(24)13-28-17(25)12-23-18(26)20(3,22-19(23)27)10-9-15-7-5-4-6-8-15/h4-8,14H,9-13H2,1-3H3,(H,21,24)(H,22,27)/t20-/m1/s1. The SMILES string of the molecule is CC(C)CNC(=O)COC(=O)CN1C(=O)N[C@](C)(CCc2ccccc2)C1=O. The van der Waals surface area contributed by atoms with Crippen LogP contribution in [0.25, 0.3) is 0 Å². The van der Waals surface area contributed by atoms with E-state index in [0.29, 0.717) is 19.4 Å². The van der Waals surface area contributed by atoms with Gasteiger partial charge in [0.15, 0.2) is 6.61 Å².